The van der Waals surface area contributed by atoms with Crippen molar-refractivity contribution >= 4 is 28.2 Å². The van der Waals surface area contributed by atoms with Crippen LogP contribution in [0.3, 0.4) is 0 Å². The summed E-state index contributed by atoms with van der Waals surface area (Å²) in [6, 6.07) is 0. The van der Waals surface area contributed by atoms with Crippen molar-refractivity contribution in [1.82, 2.24) is 0 Å². The van der Waals surface area contributed by atoms with Gasteiger partial charge in [-0.2, -0.15) is 0 Å². The second kappa shape index (κ2) is 18.2. The van der Waals surface area contributed by atoms with Crippen molar-refractivity contribution < 1.29 is 4.21 Å². The minimum Gasteiger partial charge on any atom is -0.213 e. The number of hydrogen-bond donors (Lipinski definition) is 0. The molecule has 0 heterocycles. The van der Waals surface area contributed by atoms with Crippen LogP contribution in [-0.2, 0) is 11.3 Å². The molecule has 3 heteroatoms. The van der Waals surface area contributed by atoms with Crippen LogP contribution in [0.25, 0.3) is 0 Å². The molecule has 0 radical (unpaired) electrons. The van der Waals surface area contributed by atoms with Crippen LogP contribution >= 0.6 is 11.6 Å². The minimum absolute atomic E-state index is 0.314. The van der Waals surface area contributed by atoms with Gasteiger partial charge in [-0.1, -0.05) is 77.6 Å². The van der Waals surface area contributed by atoms with E-state index in [0.29, 0.717) is 16.6 Å². The molecule has 0 aliphatic heterocycles. The van der Waals surface area contributed by atoms with Gasteiger partial charge in [0.2, 0.25) is 0 Å². The van der Waals surface area contributed by atoms with Crippen LogP contribution < -0.4 is 0 Å². The Balaban J connectivity index is 3.12. The molecule has 1 nitrogen and oxygen atoms in total. The van der Waals surface area contributed by atoms with E-state index in [9.17, 15) is 4.21 Å². The van der Waals surface area contributed by atoms with E-state index in [1.54, 1.807) is 5.37 Å². The molecule has 0 rings (SSSR count). The molecule has 1 unspecified atom stereocenters. The number of unbranched alkanes of at least 4 members (excludes halogenated alkanes) is 11. The Bertz CT molecular complexity index is 252. The van der Waals surface area contributed by atoms with Crippen molar-refractivity contribution in [3.05, 3.63) is 0 Å². The van der Waals surface area contributed by atoms with Crippen molar-refractivity contribution in [2.45, 2.75) is 109 Å². The fraction of sp³-hybridized carbons (Fsp3) is 0.944. The zero-order valence-corrected chi connectivity index (χ0v) is 15.5. The molecule has 0 spiro atoms. The summed E-state index contributed by atoms with van der Waals surface area (Å²) in [5.74, 6) is 0. The van der Waals surface area contributed by atoms with Crippen molar-refractivity contribution in [3.63, 3.8) is 0 Å². The highest BCUT2D eigenvalue weighted by Crippen LogP contribution is 2.17. The SMILES string of the molecule is CCCCCCCCCCCCCC(Cl)CCCC=S=O. The maximum atomic E-state index is 10.2. The molecule has 0 aromatic rings. The summed E-state index contributed by atoms with van der Waals surface area (Å²) in [6.07, 6.45) is 19.4. The van der Waals surface area contributed by atoms with E-state index in [1.807, 2.05) is 0 Å². The Kier molecular flexibility index (Phi) is 18.4. The lowest BCUT2D eigenvalue weighted by Gasteiger charge is -2.08. The molecule has 0 bridgehead atoms. The molecule has 0 fully saturated rings. The van der Waals surface area contributed by atoms with Crippen LogP contribution in [-0.4, -0.2) is 15.0 Å². The van der Waals surface area contributed by atoms with Gasteiger partial charge in [0.15, 0.2) is 0 Å². The maximum absolute atomic E-state index is 10.2. The molecule has 0 aromatic heterocycles. The molecule has 0 saturated carbocycles. The lowest BCUT2D eigenvalue weighted by Crippen LogP contribution is -1.98. The summed E-state index contributed by atoms with van der Waals surface area (Å²) >= 11 is 6.86. The van der Waals surface area contributed by atoms with E-state index < -0.39 is 0 Å². The van der Waals surface area contributed by atoms with Gasteiger partial charge in [0.25, 0.3) is 0 Å². The van der Waals surface area contributed by atoms with Gasteiger partial charge in [-0.05, 0) is 25.7 Å². The lowest BCUT2D eigenvalue weighted by molar-refractivity contribution is 0.535. The van der Waals surface area contributed by atoms with E-state index in [-0.39, 0.29) is 0 Å². The van der Waals surface area contributed by atoms with Crippen LogP contribution in [0, 0.1) is 0 Å². The average Bonchev–Trinajstić information content (AvgIpc) is 2.49. The zero-order chi connectivity index (χ0) is 15.6. The first-order valence-electron chi connectivity index (χ1n) is 9.05. The Morgan fingerprint density at radius 1 is 0.810 bits per heavy atom. The van der Waals surface area contributed by atoms with E-state index in [0.717, 1.165) is 25.7 Å². The van der Waals surface area contributed by atoms with E-state index in [1.165, 1.54) is 70.6 Å². The molecular formula is C18H35ClOS. The maximum Gasteiger partial charge on any atom is 0.0841 e. The van der Waals surface area contributed by atoms with Crippen molar-refractivity contribution in [1.29, 1.82) is 0 Å². The topological polar surface area (TPSA) is 17.1 Å². The van der Waals surface area contributed by atoms with Crippen molar-refractivity contribution in [2.24, 2.45) is 0 Å². The summed E-state index contributed by atoms with van der Waals surface area (Å²) in [6.45, 7) is 2.27. The largest absolute Gasteiger partial charge is 0.213 e. The monoisotopic (exact) mass is 334 g/mol. The second-order valence-corrected chi connectivity index (χ2v) is 7.26. The molecule has 0 aromatic carbocycles. The molecule has 21 heavy (non-hydrogen) atoms. The predicted molar refractivity (Wildman–Crippen MR) is 98.8 cm³/mol. The summed E-state index contributed by atoms with van der Waals surface area (Å²) < 4.78 is 10.2. The third-order valence-electron chi connectivity index (χ3n) is 4.03. The highest BCUT2D eigenvalue weighted by Gasteiger charge is 2.03. The molecule has 0 saturated heterocycles. The van der Waals surface area contributed by atoms with Crippen LogP contribution in [0.5, 0.6) is 0 Å². The Morgan fingerprint density at radius 2 is 1.29 bits per heavy atom. The van der Waals surface area contributed by atoms with Crippen LogP contribution in [0.15, 0.2) is 0 Å². The van der Waals surface area contributed by atoms with Gasteiger partial charge in [0.05, 0.1) is 11.3 Å². The van der Waals surface area contributed by atoms with E-state index in [2.05, 4.69) is 6.92 Å². The van der Waals surface area contributed by atoms with E-state index in [4.69, 9.17) is 11.6 Å². The molecule has 126 valence electrons. The normalized spacial score (nSPS) is 12.3. The van der Waals surface area contributed by atoms with Crippen molar-refractivity contribution in [3.8, 4) is 0 Å². The summed E-state index contributed by atoms with van der Waals surface area (Å²) in [5.41, 5.74) is 0. The zero-order valence-electron chi connectivity index (χ0n) is 14.0. The molecular weight excluding hydrogens is 300 g/mol. The molecule has 1 atom stereocenters. The highest BCUT2D eigenvalue weighted by molar-refractivity contribution is 7.64. The van der Waals surface area contributed by atoms with Gasteiger partial charge in [-0.25, -0.2) is 4.21 Å². The summed E-state index contributed by atoms with van der Waals surface area (Å²) in [5, 5.41) is 2.04. The standard InChI is InChI=1S/C18H35ClOS/c1-2-3-4-5-6-7-8-9-10-11-12-15-18(19)16-13-14-17-21-20/h17-18H,2-16H2,1H3. The number of rotatable bonds is 16. The minimum atomic E-state index is 0.314. The molecule has 0 aliphatic carbocycles. The Hall–Kier alpha value is 0.180. The van der Waals surface area contributed by atoms with E-state index >= 15 is 0 Å². The fourth-order valence-electron chi connectivity index (χ4n) is 2.65. The van der Waals surface area contributed by atoms with Gasteiger partial charge in [-0.15, -0.1) is 11.6 Å². The Labute approximate surface area is 141 Å². The number of hydrogen-bond acceptors (Lipinski definition) is 1. The third kappa shape index (κ3) is 18.1. The first-order chi connectivity index (χ1) is 10.3. The lowest BCUT2D eigenvalue weighted by atomic mass is 10.0. The molecule has 0 aliphatic rings. The predicted octanol–water partition coefficient (Wildman–Crippen LogP) is 6.48. The summed E-state index contributed by atoms with van der Waals surface area (Å²) in [7, 11) is 0. The number of alkyl halides is 1. The van der Waals surface area contributed by atoms with Gasteiger partial charge in [0, 0.05) is 10.7 Å². The van der Waals surface area contributed by atoms with Crippen LogP contribution in [0.4, 0.5) is 0 Å². The molecule has 0 amide bonds. The summed E-state index contributed by atoms with van der Waals surface area (Å²) in [4.78, 5) is 0. The quantitative estimate of drug-likeness (QED) is 0.179. The third-order valence-corrected chi connectivity index (χ3v) is 4.84. The van der Waals surface area contributed by atoms with Crippen LogP contribution in [0.1, 0.15) is 103 Å². The second-order valence-electron chi connectivity index (χ2n) is 6.12. The molecule has 0 N–H and O–H groups in total. The van der Waals surface area contributed by atoms with Gasteiger partial charge >= 0.3 is 0 Å². The highest BCUT2D eigenvalue weighted by atomic mass is 35.5. The first-order valence-corrected chi connectivity index (χ1v) is 10.3. The van der Waals surface area contributed by atoms with Gasteiger partial charge in [-0.3, -0.25) is 0 Å². The smallest absolute Gasteiger partial charge is 0.0841 e. The van der Waals surface area contributed by atoms with Crippen LogP contribution in [0.2, 0.25) is 0 Å². The van der Waals surface area contributed by atoms with Gasteiger partial charge < -0.3 is 0 Å². The first kappa shape index (κ1) is 21.2. The Morgan fingerprint density at radius 3 is 1.81 bits per heavy atom. The van der Waals surface area contributed by atoms with Gasteiger partial charge in [0.1, 0.15) is 0 Å². The average molecular weight is 335 g/mol. The fourth-order valence-corrected chi connectivity index (χ4v) is 3.22. The number of halogens is 1. The van der Waals surface area contributed by atoms with Crippen molar-refractivity contribution in [2.75, 3.05) is 0 Å².